The lowest BCUT2D eigenvalue weighted by atomic mass is 9.92. The fourth-order valence-corrected chi connectivity index (χ4v) is 3.51. The minimum atomic E-state index is -0.223. The van der Waals surface area contributed by atoms with E-state index < -0.39 is 0 Å². The predicted octanol–water partition coefficient (Wildman–Crippen LogP) is 2.15. The van der Waals surface area contributed by atoms with Crippen LogP contribution in [0.15, 0.2) is 0 Å². The van der Waals surface area contributed by atoms with E-state index in [1.54, 1.807) is 4.90 Å². The zero-order valence-electron chi connectivity index (χ0n) is 13.4. The summed E-state index contributed by atoms with van der Waals surface area (Å²) in [6.45, 7) is 10.1. The number of ether oxygens (including phenoxy) is 2. The number of nitrogens with one attached hydrogen (secondary N) is 1. The van der Waals surface area contributed by atoms with Crippen LogP contribution in [0, 0.1) is 0 Å². The predicted molar refractivity (Wildman–Crippen MR) is 77.8 cm³/mol. The monoisotopic (exact) mass is 284 g/mol. The van der Waals surface area contributed by atoms with Crippen LogP contribution < -0.4 is 5.32 Å². The van der Waals surface area contributed by atoms with E-state index in [1.807, 2.05) is 0 Å². The Morgan fingerprint density at radius 2 is 2.05 bits per heavy atom. The number of hydrogen-bond donors (Lipinski definition) is 1. The number of nitrogens with zero attached hydrogens (tertiary/aromatic N) is 1. The van der Waals surface area contributed by atoms with Gasteiger partial charge in [-0.1, -0.05) is 0 Å². The van der Waals surface area contributed by atoms with Gasteiger partial charge in [-0.15, -0.1) is 0 Å². The van der Waals surface area contributed by atoms with Crippen LogP contribution in [0.2, 0.25) is 0 Å². The Morgan fingerprint density at radius 1 is 1.35 bits per heavy atom. The molecule has 0 radical (unpaired) electrons. The highest BCUT2D eigenvalue weighted by molar-refractivity contribution is 5.67. The van der Waals surface area contributed by atoms with E-state index in [2.05, 4.69) is 33.0 Å². The Hall–Kier alpha value is -0.810. The lowest BCUT2D eigenvalue weighted by molar-refractivity contribution is -0.0708. The fourth-order valence-electron chi connectivity index (χ4n) is 3.51. The number of rotatable bonds is 2. The molecule has 20 heavy (non-hydrogen) atoms. The maximum absolute atomic E-state index is 11.6. The van der Waals surface area contributed by atoms with Crippen LogP contribution in [0.5, 0.6) is 0 Å². The van der Waals surface area contributed by atoms with Gasteiger partial charge in [-0.3, -0.25) is 0 Å². The standard InChI is InChI=1S/C15H28N2O3/c1-14(2)9-12(15(3,4)20-14)16-11-7-6-8-17(10-11)13(18)19-5/h11-12,16H,6-10H2,1-5H3. The Bertz CT molecular complexity index is 368. The highest BCUT2D eigenvalue weighted by atomic mass is 16.5. The number of hydrogen-bond acceptors (Lipinski definition) is 4. The molecule has 1 N–H and O–H groups in total. The van der Waals surface area contributed by atoms with Gasteiger partial charge in [0.25, 0.3) is 0 Å². The molecule has 5 heteroatoms. The van der Waals surface area contributed by atoms with Gasteiger partial charge in [0.1, 0.15) is 0 Å². The molecule has 2 aliphatic rings. The summed E-state index contributed by atoms with van der Waals surface area (Å²) in [6, 6.07) is 0.643. The average Bonchev–Trinajstić information content (AvgIpc) is 2.56. The van der Waals surface area contributed by atoms with E-state index in [0.717, 1.165) is 32.4 Å². The van der Waals surface area contributed by atoms with Gasteiger partial charge in [-0.25, -0.2) is 4.79 Å². The fraction of sp³-hybridized carbons (Fsp3) is 0.933. The smallest absolute Gasteiger partial charge is 0.409 e. The van der Waals surface area contributed by atoms with E-state index in [4.69, 9.17) is 9.47 Å². The van der Waals surface area contributed by atoms with Crippen molar-refractivity contribution >= 4 is 6.09 Å². The molecule has 2 heterocycles. The molecule has 0 saturated carbocycles. The van der Waals surface area contributed by atoms with Crippen LogP contribution in [0.3, 0.4) is 0 Å². The van der Waals surface area contributed by atoms with E-state index in [0.29, 0.717) is 12.1 Å². The Morgan fingerprint density at radius 3 is 2.60 bits per heavy atom. The molecule has 1 amide bonds. The first-order valence-corrected chi connectivity index (χ1v) is 7.53. The maximum Gasteiger partial charge on any atom is 0.409 e. The molecule has 2 aliphatic heterocycles. The summed E-state index contributed by atoms with van der Waals surface area (Å²) in [5, 5.41) is 3.70. The molecule has 2 unspecified atom stereocenters. The van der Waals surface area contributed by atoms with Crippen LogP contribution in [0.1, 0.15) is 47.0 Å². The third kappa shape index (κ3) is 3.44. The summed E-state index contributed by atoms with van der Waals surface area (Å²) < 4.78 is 10.9. The van der Waals surface area contributed by atoms with Crippen molar-refractivity contribution in [1.29, 1.82) is 0 Å². The molecule has 116 valence electrons. The molecule has 0 aromatic heterocycles. The first-order chi connectivity index (χ1) is 9.23. The van der Waals surface area contributed by atoms with Crippen molar-refractivity contribution in [3.8, 4) is 0 Å². The van der Waals surface area contributed by atoms with E-state index in [9.17, 15) is 4.79 Å². The number of carbonyl (C=O) groups is 1. The summed E-state index contributed by atoms with van der Waals surface area (Å²) in [4.78, 5) is 13.4. The summed E-state index contributed by atoms with van der Waals surface area (Å²) >= 11 is 0. The van der Waals surface area contributed by atoms with Crippen LogP contribution in [0.25, 0.3) is 0 Å². The third-order valence-electron chi connectivity index (χ3n) is 4.37. The molecular formula is C15H28N2O3. The zero-order valence-corrected chi connectivity index (χ0v) is 13.4. The highest BCUT2D eigenvalue weighted by Crippen LogP contribution is 2.37. The van der Waals surface area contributed by atoms with Crippen molar-refractivity contribution in [3.05, 3.63) is 0 Å². The number of methoxy groups -OCH3 is 1. The van der Waals surface area contributed by atoms with Crippen LogP contribution in [0.4, 0.5) is 4.79 Å². The van der Waals surface area contributed by atoms with E-state index in [-0.39, 0.29) is 17.3 Å². The molecule has 0 bridgehead atoms. The second-order valence-corrected chi connectivity index (χ2v) is 7.14. The number of piperidine rings is 1. The van der Waals surface area contributed by atoms with E-state index >= 15 is 0 Å². The zero-order chi connectivity index (χ0) is 15.0. The summed E-state index contributed by atoms with van der Waals surface area (Å²) in [7, 11) is 1.44. The minimum Gasteiger partial charge on any atom is -0.453 e. The summed E-state index contributed by atoms with van der Waals surface area (Å²) in [5.74, 6) is 0. The second-order valence-electron chi connectivity index (χ2n) is 7.14. The summed E-state index contributed by atoms with van der Waals surface area (Å²) in [5.41, 5.74) is -0.255. The van der Waals surface area contributed by atoms with E-state index in [1.165, 1.54) is 7.11 Å². The lowest BCUT2D eigenvalue weighted by Gasteiger charge is -2.36. The van der Waals surface area contributed by atoms with Gasteiger partial charge in [0, 0.05) is 25.2 Å². The molecule has 0 aromatic rings. The van der Waals surface area contributed by atoms with Crippen molar-refractivity contribution in [2.75, 3.05) is 20.2 Å². The molecule has 5 nitrogen and oxygen atoms in total. The van der Waals surface area contributed by atoms with Gasteiger partial charge in [0.2, 0.25) is 0 Å². The van der Waals surface area contributed by atoms with Gasteiger partial charge in [-0.05, 0) is 47.0 Å². The highest BCUT2D eigenvalue weighted by Gasteiger charge is 2.46. The topological polar surface area (TPSA) is 50.8 Å². The van der Waals surface area contributed by atoms with Gasteiger partial charge < -0.3 is 19.7 Å². The van der Waals surface area contributed by atoms with Crippen LogP contribution >= 0.6 is 0 Å². The SMILES string of the molecule is COC(=O)N1CCCC(NC2CC(C)(C)OC2(C)C)C1. The molecule has 2 saturated heterocycles. The number of likely N-dealkylation sites (tertiary alicyclic amines) is 1. The van der Waals surface area contributed by atoms with Crippen molar-refractivity contribution in [2.24, 2.45) is 0 Å². The Labute approximate surface area is 122 Å². The second kappa shape index (κ2) is 5.53. The van der Waals surface area contributed by atoms with Crippen LogP contribution in [-0.2, 0) is 9.47 Å². The van der Waals surface area contributed by atoms with Crippen molar-refractivity contribution < 1.29 is 14.3 Å². The molecular weight excluding hydrogens is 256 g/mol. The Kier molecular flexibility index (Phi) is 4.30. The first-order valence-electron chi connectivity index (χ1n) is 7.53. The number of carbonyl (C=O) groups excluding carboxylic acids is 1. The maximum atomic E-state index is 11.6. The van der Waals surface area contributed by atoms with Crippen molar-refractivity contribution in [2.45, 2.75) is 70.2 Å². The largest absolute Gasteiger partial charge is 0.453 e. The molecule has 2 fully saturated rings. The van der Waals surface area contributed by atoms with Crippen molar-refractivity contribution in [3.63, 3.8) is 0 Å². The first kappa shape index (κ1) is 15.6. The van der Waals surface area contributed by atoms with Crippen LogP contribution in [-0.4, -0.2) is 54.5 Å². The van der Waals surface area contributed by atoms with Gasteiger partial charge in [0.15, 0.2) is 0 Å². The molecule has 2 atom stereocenters. The molecule has 0 aliphatic carbocycles. The van der Waals surface area contributed by atoms with Gasteiger partial charge in [-0.2, -0.15) is 0 Å². The summed E-state index contributed by atoms with van der Waals surface area (Å²) in [6.07, 6.45) is 2.89. The van der Waals surface area contributed by atoms with Crippen molar-refractivity contribution in [1.82, 2.24) is 10.2 Å². The molecule has 0 aromatic carbocycles. The third-order valence-corrected chi connectivity index (χ3v) is 4.37. The van der Waals surface area contributed by atoms with Gasteiger partial charge >= 0.3 is 6.09 Å². The Balaban J connectivity index is 1.94. The average molecular weight is 284 g/mol. The molecule has 2 rings (SSSR count). The lowest BCUT2D eigenvalue weighted by Crippen LogP contribution is -2.54. The minimum absolute atomic E-state index is 0.0854. The quantitative estimate of drug-likeness (QED) is 0.844. The number of amides is 1. The molecule has 0 spiro atoms. The van der Waals surface area contributed by atoms with Gasteiger partial charge in [0.05, 0.1) is 18.3 Å². The normalized spacial score (nSPS) is 32.1.